The van der Waals surface area contributed by atoms with E-state index < -0.39 is 11.9 Å². The fourth-order valence-electron chi connectivity index (χ4n) is 4.14. The number of pyridine rings is 1. The van der Waals surface area contributed by atoms with E-state index in [1.54, 1.807) is 44.4 Å². The number of aromatic nitrogens is 1. The first-order chi connectivity index (χ1) is 18.9. The average molecular weight is 545 g/mol. The molecule has 0 aliphatic rings. The SMILES string of the molecule is CCOC(=O)c1cc(C(=O)N[C@H](COC)Cc2ccc(O)cc2)nc2ccc(/C=C/c3ccc(Cl)cc3)cc12. The summed E-state index contributed by atoms with van der Waals surface area (Å²) in [7, 11) is 1.56. The standard InChI is InChI=1S/C31H29ClN2O5/c1-3-39-31(37)27-18-29(30(36)33-24(19-38-2)16-21-8-13-25(35)14-9-21)34-28-15-10-22(17-26(27)28)5-4-20-6-11-23(32)12-7-20/h4-15,17-18,24,35H,3,16,19H2,1-2H3,(H,33,36)/b5-4+/t24-/m0/s1. The van der Waals surface area contributed by atoms with E-state index in [9.17, 15) is 14.7 Å². The van der Waals surface area contributed by atoms with Crippen LogP contribution in [0.5, 0.6) is 5.75 Å². The van der Waals surface area contributed by atoms with Crippen molar-refractivity contribution in [3.05, 3.63) is 106 Å². The number of rotatable bonds is 10. The van der Waals surface area contributed by atoms with Crippen LogP contribution in [-0.2, 0) is 15.9 Å². The highest BCUT2D eigenvalue weighted by Crippen LogP contribution is 2.23. The Kier molecular flexibility index (Phi) is 9.31. The summed E-state index contributed by atoms with van der Waals surface area (Å²) in [6.45, 7) is 2.20. The van der Waals surface area contributed by atoms with Gasteiger partial charge in [-0.1, -0.05) is 54.1 Å². The number of nitrogens with zero attached hydrogens (tertiary/aromatic N) is 1. The predicted molar refractivity (Wildman–Crippen MR) is 153 cm³/mol. The second-order valence-electron chi connectivity index (χ2n) is 8.93. The maximum atomic E-state index is 13.3. The van der Waals surface area contributed by atoms with Gasteiger partial charge in [0.05, 0.1) is 30.3 Å². The molecule has 0 aliphatic carbocycles. The van der Waals surface area contributed by atoms with Crippen molar-refractivity contribution >= 4 is 46.5 Å². The summed E-state index contributed by atoms with van der Waals surface area (Å²) < 4.78 is 10.6. The molecular formula is C31H29ClN2O5. The maximum Gasteiger partial charge on any atom is 0.338 e. The minimum atomic E-state index is -0.532. The summed E-state index contributed by atoms with van der Waals surface area (Å²) in [5, 5.41) is 13.7. The number of carbonyl (C=O) groups excluding carboxylic acids is 2. The topological polar surface area (TPSA) is 97.8 Å². The molecule has 39 heavy (non-hydrogen) atoms. The number of methoxy groups -OCH3 is 1. The molecule has 0 spiro atoms. The average Bonchev–Trinajstić information content (AvgIpc) is 2.93. The van der Waals surface area contributed by atoms with Crippen molar-refractivity contribution < 1.29 is 24.2 Å². The molecule has 0 saturated carbocycles. The van der Waals surface area contributed by atoms with E-state index >= 15 is 0 Å². The van der Waals surface area contributed by atoms with E-state index in [2.05, 4.69) is 10.3 Å². The Morgan fingerprint density at radius 3 is 2.38 bits per heavy atom. The number of halogens is 1. The van der Waals surface area contributed by atoms with Gasteiger partial charge in [0.15, 0.2) is 0 Å². The lowest BCUT2D eigenvalue weighted by Crippen LogP contribution is -2.40. The fourth-order valence-corrected chi connectivity index (χ4v) is 4.26. The van der Waals surface area contributed by atoms with Gasteiger partial charge in [-0.2, -0.15) is 0 Å². The number of hydrogen-bond donors (Lipinski definition) is 2. The zero-order valence-electron chi connectivity index (χ0n) is 21.7. The number of phenols is 1. The molecule has 200 valence electrons. The second kappa shape index (κ2) is 13.0. The van der Waals surface area contributed by atoms with Gasteiger partial charge in [-0.3, -0.25) is 4.79 Å². The molecule has 0 fully saturated rings. The number of nitrogens with one attached hydrogen (secondary N) is 1. The van der Waals surface area contributed by atoms with Crippen LogP contribution in [0, 0.1) is 0 Å². The van der Waals surface area contributed by atoms with Crippen LogP contribution in [0.3, 0.4) is 0 Å². The van der Waals surface area contributed by atoms with Gasteiger partial charge in [-0.15, -0.1) is 0 Å². The quantitative estimate of drug-likeness (QED) is 0.190. The summed E-state index contributed by atoms with van der Waals surface area (Å²) in [5.74, 6) is -0.799. The Bertz CT molecular complexity index is 1480. The van der Waals surface area contributed by atoms with Crippen LogP contribution < -0.4 is 5.32 Å². The lowest BCUT2D eigenvalue weighted by molar-refractivity contribution is 0.0528. The van der Waals surface area contributed by atoms with Crippen molar-refractivity contribution in [3.8, 4) is 5.75 Å². The highest BCUT2D eigenvalue weighted by molar-refractivity contribution is 6.30. The molecule has 8 heteroatoms. The highest BCUT2D eigenvalue weighted by Gasteiger charge is 2.20. The van der Waals surface area contributed by atoms with Crippen molar-refractivity contribution in [1.82, 2.24) is 10.3 Å². The minimum absolute atomic E-state index is 0.0989. The monoisotopic (exact) mass is 544 g/mol. The maximum absolute atomic E-state index is 13.3. The normalized spacial score (nSPS) is 12.0. The summed E-state index contributed by atoms with van der Waals surface area (Å²) in [6.07, 6.45) is 4.36. The Hall–Kier alpha value is -4.20. The number of benzene rings is 3. The highest BCUT2D eigenvalue weighted by atomic mass is 35.5. The number of phenolic OH excluding ortho intramolecular Hbond substituents is 1. The molecule has 7 nitrogen and oxygen atoms in total. The Labute approximate surface area is 232 Å². The molecule has 1 heterocycles. The second-order valence-corrected chi connectivity index (χ2v) is 9.37. The first kappa shape index (κ1) is 27.8. The molecule has 0 bridgehead atoms. The molecule has 1 amide bonds. The van der Waals surface area contributed by atoms with E-state index in [4.69, 9.17) is 21.1 Å². The van der Waals surface area contributed by atoms with Gasteiger partial charge >= 0.3 is 5.97 Å². The lowest BCUT2D eigenvalue weighted by Gasteiger charge is -2.18. The number of fused-ring (bicyclic) bond motifs is 1. The predicted octanol–water partition coefficient (Wildman–Crippen LogP) is 5.93. The number of amides is 1. The van der Waals surface area contributed by atoms with Gasteiger partial charge in [-0.25, -0.2) is 9.78 Å². The number of carbonyl (C=O) groups is 2. The molecular weight excluding hydrogens is 516 g/mol. The van der Waals surface area contributed by atoms with Crippen LogP contribution in [0.1, 0.15) is 44.5 Å². The van der Waals surface area contributed by atoms with E-state index in [0.29, 0.717) is 22.3 Å². The molecule has 4 rings (SSSR count). The molecule has 0 aliphatic heterocycles. The van der Waals surface area contributed by atoms with Crippen LogP contribution in [0.25, 0.3) is 23.1 Å². The number of aromatic hydroxyl groups is 1. The first-order valence-corrected chi connectivity index (χ1v) is 12.9. The third-order valence-electron chi connectivity index (χ3n) is 6.02. The largest absolute Gasteiger partial charge is 0.508 e. The first-order valence-electron chi connectivity index (χ1n) is 12.5. The molecule has 0 unspecified atom stereocenters. The number of esters is 1. The van der Waals surface area contributed by atoms with Gasteiger partial charge in [0, 0.05) is 17.5 Å². The van der Waals surface area contributed by atoms with Crippen molar-refractivity contribution in [2.75, 3.05) is 20.3 Å². The minimum Gasteiger partial charge on any atom is -0.508 e. The van der Waals surface area contributed by atoms with E-state index in [1.807, 2.05) is 48.6 Å². The van der Waals surface area contributed by atoms with Gasteiger partial charge in [-0.05, 0) is 72.5 Å². The van der Waals surface area contributed by atoms with E-state index in [1.165, 1.54) is 6.07 Å². The van der Waals surface area contributed by atoms with Gasteiger partial charge < -0.3 is 19.9 Å². The van der Waals surface area contributed by atoms with Crippen molar-refractivity contribution in [3.63, 3.8) is 0 Å². The molecule has 0 saturated heterocycles. The molecule has 0 radical (unpaired) electrons. The van der Waals surface area contributed by atoms with Gasteiger partial charge in [0.1, 0.15) is 11.4 Å². The third kappa shape index (κ3) is 7.44. The van der Waals surface area contributed by atoms with Crippen molar-refractivity contribution in [2.45, 2.75) is 19.4 Å². The summed E-state index contributed by atoms with van der Waals surface area (Å²) in [4.78, 5) is 30.7. The van der Waals surface area contributed by atoms with Crippen molar-refractivity contribution in [2.24, 2.45) is 0 Å². The van der Waals surface area contributed by atoms with Crippen LogP contribution in [-0.4, -0.2) is 48.3 Å². The van der Waals surface area contributed by atoms with E-state index in [-0.39, 0.29) is 36.3 Å². The van der Waals surface area contributed by atoms with Crippen LogP contribution in [0.2, 0.25) is 5.02 Å². The molecule has 4 aromatic rings. The Balaban J connectivity index is 1.63. The van der Waals surface area contributed by atoms with Crippen LogP contribution in [0.4, 0.5) is 0 Å². The third-order valence-corrected chi connectivity index (χ3v) is 6.27. The molecule has 1 atom stereocenters. The summed E-state index contributed by atoms with van der Waals surface area (Å²) >= 11 is 5.97. The number of ether oxygens (including phenoxy) is 2. The Morgan fingerprint density at radius 1 is 1.00 bits per heavy atom. The zero-order chi connectivity index (χ0) is 27.8. The summed E-state index contributed by atoms with van der Waals surface area (Å²) in [6, 6.07) is 20.8. The van der Waals surface area contributed by atoms with Crippen LogP contribution in [0.15, 0.2) is 72.8 Å². The Morgan fingerprint density at radius 2 is 1.69 bits per heavy atom. The fraction of sp³-hybridized carbons (Fsp3) is 0.194. The smallest absolute Gasteiger partial charge is 0.338 e. The number of hydrogen-bond acceptors (Lipinski definition) is 6. The molecule has 1 aromatic heterocycles. The van der Waals surface area contributed by atoms with Gasteiger partial charge in [0.2, 0.25) is 0 Å². The van der Waals surface area contributed by atoms with Crippen molar-refractivity contribution in [1.29, 1.82) is 0 Å². The van der Waals surface area contributed by atoms with Crippen LogP contribution >= 0.6 is 11.6 Å². The van der Waals surface area contributed by atoms with E-state index in [0.717, 1.165) is 16.7 Å². The zero-order valence-corrected chi connectivity index (χ0v) is 22.4. The lowest BCUT2D eigenvalue weighted by atomic mass is 10.0. The molecule has 3 aromatic carbocycles. The summed E-state index contributed by atoms with van der Waals surface area (Å²) in [5.41, 5.74) is 3.62. The molecule has 2 N–H and O–H groups in total. The van der Waals surface area contributed by atoms with Gasteiger partial charge in [0.25, 0.3) is 5.91 Å².